The van der Waals surface area contributed by atoms with Crippen LogP contribution in [0.4, 0.5) is 8.78 Å². The van der Waals surface area contributed by atoms with Gasteiger partial charge in [0.15, 0.2) is 0 Å². The number of hydrogen-bond acceptors (Lipinski definition) is 2. The molecule has 1 amide bonds. The monoisotopic (exact) mass is 345 g/mol. The van der Waals surface area contributed by atoms with Gasteiger partial charge >= 0.3 is 0 Å². The summed E-state index contributed by atoms with van der Waals surface area (Å²) >= 11 is 0. The van der Waals surface area contributed by atoms with Crippen LogP contribution in [0.3, 0.4) is 0 Å². The summed E-state index contributed by atoms with van der Waals surface area (Å²) in [5, 5.41) is 0. The van der Waals surface area contributed by atoms with Gasteiger partial charge < -0.3 is 9.88 Å². The van der Waals surface area contributed by atoms with Gasteiger partial charge in [-0.25, -0.2) is 13.8 Å². The largest absolute Gasteiger partial charge is 0.340 e. The van der Waals surface area contributed by atoms with Gasteiger partial charge in [0, 0.05) is 12.5 Å². The second-order valence-corrected chi connectivity index (χ2v) is 7.03. The first-order chi connectivity index (χ1) is 12.0. The molecular weight excluding hydrogens is 324 g/mol. The fraction of sp³-hybridized carbons (Fsp3) is 0.474. The zero-order valence-corrected chi connectivity index (χ0v) is 14.1. The fourth-order valence-corrected chi connectivity index (χ4v) is 3.79. The van der Waals surface area contributed by atoms with Gasteiger partial charge in [-0.05, 0) is 24.8 Å². The van der Waals surface area contributed by atoms with Crippen LogP contribution >= 0.6 is 0 Å². The third kappa shape index (κ3) is 2.73. The topological polar surface area (TPSA) is 49.0 Å². The number of carbonyl (C=O) groups is 1. The van der Waals surface area contributed by atoms with Gasteiger partial charge in [0.25, 0.3) is 5.92 Å². The van der Waals surface area contributed by atoms with E-state index in [2.05, 4.69) is 9.97 Å². The summed E-state index contributed by atoms with van der Waals surface area (Å²) < 4.78 is 27.4. The number of halogens is 2. The molecule has 1 saturated carbocycles. The molecule has 25 heavy (non-hydrogen) atoms. The lowest BCUT2D eigenvalue weighted by Gasteiger charge is -2.34. The van der Waals surface area contributed by atoms with Crippen LogP contribution in [-0.4, -0.2) is 33.2 Å². The lowest BCUT2D eigenvalue weighted by Crippen LogP contribution is -2.40. The smallest absolute Gasteiger partial charge is 0.263 e. The number of alkyl halides is 2. The van der Waals surface area contributed by atoms with Gasteiger partial charge in [0.05, 0.1) is 17.9 Å². The van der Waals surface area contributed by atoms with Crippen LogP contribution in [0.1, 0.15) is 38.1 Å². The van der Waals surface area contributed by atoms with E-state index in [1.807, 2.05) is 30.3 Å². The van der Waals surface area contributed by atoms with Crippen LogP contribution in [0.15, 0.2) is 36.5 Å². The zero-order valence-electron chi connectivity index (χ0n) is 14.1. The molecular formula is C19H21F2N3O. The molecule has 2 fully saturated rings. The molecule has 2 aliphatic rings. The fourth-order valence-electron chi connectivity index (χ4n) is 3.79. The third-order valence-electron chi connectivity index (χ3n) is 5.46. The Morgan fingerprint density at radius 1 is 1.28 bits per heavy atom. The average molecular weight is 345 g/mol. The van der Waals surface area contributed by atoms with Crippen molar-refractivity contribution in [2.75, 3.05) is 6.54 Å². The normalized spacial score (nSPS) is 28.0. The van der Waals surface area contributed by atoms with Crippen molar-refractivity contribution < 1.29 is 13.6 Å². The molecule has 2 aromatic rings. The number of amides is 1. The molecule has 1 aliphatic carbocycles. The Balaban J connectivity index is 1.58. The van der Waals surface area contributed by atoms with E-state index in [-0.39, 0.29) is 6.04 Å². The Morgan fingerprint density at radius 3 is 2.68 bits per heavy atom. The SMILES string of the molecule is CC1C(C(=O)N2CCCCC2c2ncc(-c3ccccc3)[nH]2)C1(F)F. The Morgan fingerprint density at radius 2 is 2.00 bits per heavy atom. The summed E-state index contributed by atoms with van der Waals surface area (Å²) in [7, 11) is 0. The highest BCUT2D eigenvalue weighted by molar-refractivity contribution is 5.84. The van der Waals surface area contributed by atoms with Crippen molar-refractivity contribution in [2.24, 2.45) is 11.8 Å². The molecule has 1 saturated heterocycles. The molecule has 1 aliphatic heterocycles. The average Bonchev–Trinajstić information content (AvgIpc) is 2.99. The maximum Gasteiger partial charge on any atom is 0.263 e. The molecule has 132 valence electrons. The highest BCUT2D eigenvalue weighted by Gasteiger charge is 2.70. The molecule has 1 aromatic heterocycles. The molecule has 1 aromatic carbocycles. The number of likely N-dealkylation sites (tertiary alicyclic amines) is 1. The number of rotatable bonds is 3. The quantitative estimate of drug-likeness (QED) is 0.913. The van der Waals surface area contributed by atoms with Crippen LogP contribution in [0.2, 0.25) is 0 Å². The lowest BCUT2D eigenvalue weighted by atomic mass is 10.0. The number of nitrogens with one attached hydrogen (secondary N) is 1. The van der Waals surface area contributed by atoms with Gasteiger partial charge in [0.2, 0.25) is 5.91 Å². The number of nitrogens with zero attached hydrogens (tertiary/aromatic N) is 2. The maximum absolute atomic E-state index is 13.7. The first-order valence-electron chi connectivity index (χ1n) is 8.78. The number of aromatic amines is 1. The van der Waals surface area contributed by atoms with E-state index in [0.717, 1.165) is 30.5 Å². The van der Waals surface area contributed by atoms with Crippen molar-refractivity contribution in [3.05, 3.63) is 42.4 Å². The van der Waals surface area contributed by atoms with Gasteiger partial charge in [-0.15, -0.1) is 0 Å². The van der Waals surface area contributed by atoms with E-state index in [4.69, 9.17) is 0 Å². The highest BCUT2D eigenvalue weighted by atomic mass is 19.3. The Bertz CT molecular complexity index is 774. The van der Waals surface area contributed by atoms with E-state index in [1.165, 1.54) is 6.92 Å². The molecule has 0 radical (unpaired) electrons. The Kier molecular flexibility index (Phi) is 3.85. The predicted molar refractivity (Wildman–Crippen MR) is 89.9 cm³/mol. The summed E-state index contributed by atoms with van der Waals surface area (Å²) in [5.41, 5.74) is 1.89. The summed E-state index contributed by atoms with van der Waals surface area (Å²) in [5.74, 6) is -4.64. The number of hydrogen-bond donors (Lipinski definition) is 1. The summed E-state index contributed by atoms with van der Waals surface area (Å²) in [6.07, 6.45) is 4.31. The molecule has 3 atom stereocenters. The van der Waals surface area contributed by atoms with Crippen molar-refractivity contribution in [2.45, 2.75) is 38.2 Å². The standard InChI is InChI=1S/C19H21F2N3O/c1-12-16(19(12,20)21)18(25)24-10-6-5-9-15(24)17-22-11-14(23-17)13-7-3-2-4-8-13/h2-4,7-8,11-12,15-16H,5-6,9-10H2,1H3,(H,22,23). The van der Waals surface area contributed by atoms with Crippen molar-refractivity contribution in [3.8, 4) is 11.3 Å². The molecule has 4 nitrogen and oxygen atoms in total. The van der Waals surface area contributed by atoms with Gasteiger partial charge in [-0.2, -0.15) is 0 Å². The molecule has 0 spiro atoms. The van der Waals surface area contributed by atoms with Crippen LogP contribution < -0.4 is 0 Å². The van der Waals surface area contributed by atoms with Crippen molar-refractivity contribution >= 4 is 5.91 Å². The van der Waals surface area contributed by atoms with Crippen LogP contribution in [0.5, 0.6) is 0 Å². The minimum absolute atomic E-state index is 0.248. The molecule has 2 heterocycles. The molecule has 4 rings (SSSR count). The van der Waals surface area contributed by atoms with Crippen molar-refractivity contribution in [1.82, 2.24) is 14.9 Å². The van der Waals surface area contributed by atoms with Crippen LogP contribution in [0.25, 0.3) is 11.3 Å². The molecule has 3 unspecified atom stereocenters. The number of benzene rings is 1. The Labute approximate surface area is 145 Å². The van der Waals surface area contributed by atoms with Gasteiger partial charge in [0.1, 0.15) is 11.7 Å². The third-order valence-corrected chi connectivity index (χ3v) is 5.46. The highest BCUT2D eigenvalue weighted by Crippen LogP contribution is 2.56. The van der Waals surface area contributed by atoms with Crippen molar-refractivity contribution in [1.29, 1.82) is 0 Å². The predicted octanol–water partition coefficient (Wildman–Crippen LogP) is 4.03. The van der Waals surface area contributed by atoms with Gasteiger partial charge in [-0.1, -0.05) is 37.3 Å². The van der Waals surface area contributed by atoms with Gasteiger partial charge in [-0.3, -0.25) is 4.79 Å². The van der Waals surface area contributed by atoms with Crippen LogP contribution in [0, 0.1) is 11.8 Å². The first-order valence-corrected chi connectivity index (χ1v) is 8.78. The van der Waals surface area contributed by atoms with E-state index < -0.39 is 23.7 Å². The minimum Gasteiger partial charge on any atom is -0.340 e. The number of piperidine rings is 1. The second kappa shape index (κ2) is 5.93. The second-order valence-electron chi connectivity index (χ2n) is 7.03. The van der Waals surface area contributed by atoms with Crippen molar-refractivity contribution in [3.63, 3.8) is 0 Å². The summed E-state index contributed by atoms with van der Waals surface area (Å²) in [4.78, 5) is 22.0. The zero-order chi connectivity index (χ0) is 17.6. The number of imidazole rings is 1. The number of H-pyrrole nitrogens is 1. The summed E-state index contributed by atoms with van der Waals surface area (Å²) in [6.45, 7) is 1.96. The lowest BCUT2D eigenvalue weighted by molar-refractivity contribution is -0.139. The van der Waals surface area contributed by atoms with E-state index >= 15 is 0 Å². The van der Waals surface area contributed by atoms with E-state index in [1.54, 1.807) is 11.1 Å². The molecule has 1 N–H and O–H groups in total. The number of aromatic nitrogens is 2. The first kappa shape index (κ1) is 16.2. The minimum atomic E-state index is -2.86. The maximum atomic E-state index is 13.7. The van der Waals surface area contributed by atoms with E-state index in [0.29, 0.717) is 12.4 Å². The number of carbonyl (C=O) groups excluding carboxylic acids is 1. The molecule has 6 heteroatoms. The Hall–Kier alpha value is -2.24. The summed E-state index contributed by atoms with van der Waals surface area (Å²) in [6, 6.07) is 9.55. The van der Waals surface area contributed by atoms with E-state index in [9.17, 15) is 13.6 Å². The molecule has 0 bridgehead atoms. The van der Waals surface area contributed by atoms with Crippen LogP contribution in [-0.2, 0) is 4.79 Å².